The van der Waals surface area contributed by atoms with Gasteiger partial charge in [-0.3, -0.25) is 9.00 Å². The number of amides is 1. The first kappa shape index (κ1) is 15.6. The van der Waals surface area contributed by atoms with Crippen LogP contribution in [0.1, 0.15) is 30.1 Å². The third kappa shape index (κ3) is 3.29. The van der Waals surface area contributed by atoms with Gasteiger partial charge in [0, 0.05) is 18.0 Å². The quantitative estimate of drug-likeness (QED) is 0.917. The van der Waals surface area contributed by atoms with Crippen molar-refractivity contribution in [2.45, 2.75) is 29.9 Å². The summed E-state index contributed by atoms with van der Waals surface area (Å²) in [6.45, 7) is 2.86. The lowest BCUT2D eigenvalue weighted by molar-refractivity contribution is -0.129. The molecule has 0 aromatic heterocycles. The van der Waals surface area contributed by atoms with Gasteiger partial charge in [0.05, 0.1) is 16.4 Å². The maximum atomic E-state index is 13.3. The molecular formula is C14H16FNO4S. The van der Waals surface area contributed by atoms with E-state index in [4.69, 9.17) is 5.11 Å². The van der Waals surface area contributed by atoms with Gasteiger partial charge in [0.15, 0.2) is 0 Å². The minimum Gasteiger partial charge on any atom is -0.478 e. The predicted octanol–water partition coefficient (Wildman–Crippen LogP) is 1.64. The first-order valence-electron chi connectivity index (χ1n) is 6.64. The Hall–Kier alpha value is -1.76. The maximum absolute atomic E-state index is 13.3. The normalized spacial score (nSPS) is 17.5. The Kier molecular flexibility index (Phi) is 4.72. The van der Waals surface area contributed by atoms with Crippen LogP contribution in [0.3, 0.4) is 0 Å². The molecule has 2 unspecified atom stereocenters. The Balaban J connectivity index is 2.21. The lowest BCUT2D eigenvalue weighted by Crippen LogP contribution is -2.37. The van der Waals surface area contributed by atoms with Crippen LogP contribution in [-0.2, 0) is 15.6 Å². The number of hydrogen-bond donors (Lipinski definition) is 1. The van der Waals surface area contributed by atoms with Crippen LogP contribution in [0.25, 0.3) is 0 Å². The van der Waals surface area contributed by atoms with Gasteiger partial charge in [-0.2, -0.15) is 0 Å². The Morgan fingerprint density at radius 1 is 1.33 bits per heavy atom. The van der Waals surface area contributed by atoms with E-state index in [1.54, 1.807) is 11.8 Å². The monoisotopic (exact) mass is 313 g/mol. The van der Waals surface area contributed by atoms with Gasteiger partial charge in [0.1, 0.15) is 11.1 Å². The van der Waals surface area contributed by atoms with Gasteiger partial charge in [-0.1, -0.05) is 0 Å². The van der Waals surface area contributed by atoms with E-state index < -0.39 is 33.4 Å². The van der Waals surface area contributed by atoms with E-state index in [9.17, 15) is 18.2 Å². The van der Waals surface area contributed by atoms with Gasteiger partial charge < -0.3 is 10.0 Å². The van der Waals surface area contributed by atoms with Crippen molar-refractivity contribution in [3.05, 3.63) is 29.6 Å². The summed E-state index contributed by atoms with van der Waals surface area (Å²) in [5.74, 6) is -2.53. The first-order valence-corrected chi connectivity index (χ1v) is 7.85. The number of carboxylic acid groups (broad SMARTS) is 1. The number of likely N-dealkylation sites (tertiary alicyclic amines) is 1. The fourth-order valence-electron chi connectivity index (χ4n) is 2.28. The van der Waals surface area contributed by atoms with Crippen molar-refractivity contribution in [3.8, 4) is 0 Å². The Morgan fingerprint density at radius 3 is 2.52 bits per heavy atom. The molecule has 1 aliphatic heterocycles. The van der Waals surface area contributed by atoms with Crippen molar-refractivity contribution in [1.82, 2.24) is 4.90 Å². The van der Waals surface area contributed by atoms with E-state index in [0.29, 0.717) is 13.1 Å². The molecule has 21 heavy (non-hydrogen) atoms. The molecule has 2 atom stereocenters. The zero-order chi connectivity index (χ0) is 15.6. The second-order valence-corrected chi connectivity index (χ2v) is 6.69. The highest BCUT2D eigenvalue weighted by molar-refractivity contribution is 7.86. The van der Waals surface area contributed by atoms with Crippen LogP contribution < -0.4 is 0 Å². The summed E-state index contributed by atoms with van der Waals surface area (Å²) in [7, 11) is -1.71. The van der Waals surface area contributed by atoms with Gasteiger partial charge >= 0.3 is 5.97 Å². The molecule has 0 aliphatic carbocycles. The summed E-state index contributed by atoms with van der Waals surface area (Å²) in [4.78, 5) is 24.9. The summed E-state index contributed by atoms with van der Waals surface area (Å²) in [6.07, 6.45) is 1.87. The van der Waals surface area contributed by atoms with Crippen molar-refractivity contribution in [1.29, 1.82) is 0 Å². The van der Waals surface area contributed by atoms with E-state index in [0.717, 1.165) is 25.0 Å². The molecule has 1 amide bonds. The zero-order valence-electron chi connectivity index (χ0n) is 11.5. The second-order valence-electron chi connectivity index (χ2n) is 4.92. The third-order valence-electron chi connectivity index (χ3n) is 3.49. The van der Waals surface area contributed by atoms with Gasteiger partial charge in [-0.25, -0.2) is 9.18 Å². The summed E-state index contributed by atoms with van der Waals surface area (Å²) in [5, 5.41) is 8.10. The molecule has 5 nitrogen and oxygen atoms in total. The maximum Gasteiger partial charge on any atom is 0.338 e. The Labute approximate surface area is 124 Å². The number of nitrogens with zero attached hydrogens (tertiary/aromatic N) is 1. The average molecular weight is 313 g/mol. The molecule has 0 spiro atoms. The van der Waals surface area contributed by atoms with E-state index in [2.05, 4.69) is 0 Å². The lowest BCUT2D eigenvalue weighted by Gasteiger charge is -2.20. The molecule has 1 heterocycles. The highest BCUT2D eigenvalue weighted by Crippen LogP contribution is 2.19. The van der Waals surface area contributed by atoms with E-state index in [1.165, 1.54) is 6.07 Å². The zero-order valence-corrected chi connectivity index (χ0v) is 12.4. The Bertz CT molecular complexity index is 599. The molecule has 1 aromatic carbocycles. The first-order chi connectivity index (χ1) is 9.91. The molecule has 0 radical (unpaired) electrons. The molecule has 1 N–H and O–H groups in total. The number of aromatic carboxylic acids is 1. The molecular weight excluding hydrogens is 297 g/mol. The number of halogens is 1. The highest BCUT2D eigenvalue weighted by atomic mass is 32.2. The SMILES string of the molecule is CC(C(=O)N1CCCC1)S(=O)c1ccc(F)c(C(=O)O)c1. The summed E-state index contributed by atoms with van der Waals surface area (Å²) in [5.41, 5.74) is -0.540. The van der Waals surface area contributed by atoms with Crippen molar-refractivity contribution < 1.29 is 23.3 Å². The minimum absolute atomic E-state index is 0.147. The van der Waals surface area contributed by atoms with Gasteiger partial charge in [0.2, 0.25) is 5.91 Å². The van der Waals surface area contributed by atoms with Crippen LogP contribution in [0.4, 0.5) is 4.39 Å². The molecule has 1 aliphatic rings. The number of carbonyl (C=O) groups is 2. The van der Waals surface area contributed by atoms with E-state index in [1.807, 2.05) is 0 Å². The van der Waals surface area contributed by atoms with Gasteiger partial charge in [-0.15, -0.1) is 0 Å². The number of rotatable bonds is 4. The van der Waals surface area contributed by atoms with Crippen LogP contribution in [0.15, 0.2) is 23.1 Å². The van der Waals surface area contributed by atoms with Crippen molar-refractivity contribution >= 4 is 22.7 Å². The summed E-state index contributed by atoms with van der Waals surface area (Å²) in [6, 6.07) is 3.25. The fraction of sp³-hybridized carbons (Fsp3) is 0.429. The topological polar surface area (TPSA) is 74.7 Å². The number of carboxylic acids is 1. The van der Waals surface area contributed by atoms with E-state index >= 15 is 0 Å². The molecule has 1 saturated heterocycles. The summed E-state index contributed by atoms with van der Waals surface area (Å²) < 4.78 is 25.7. The standard InChI is InChI=1S/C14H16FNO4S/c1-9(13(17)16-6-2-3-7-16)21(20)10-4-5-12(15)11(8-10)14(18)19/h4-5,8-9H,2-3,6-7H2,1H3,(H,18,19). The average Bonchev–Trinajstić information content (AvgIpc) is 2.99. The van der Waals surface area contributed by atoms with Crippen molar-refractivity contribution in [2.75, 3.05) is 13.1 Å². The molecule has 2 rings (SSSR count). The molecule has 0 saturated carbocycles. The minimum atomic E-state index is -1.71. The van der Waals surface area contributed by atoms with Crippen LogP contribution >= 0.6 is 0 Å². The van der Waals surface area contributed by atoms with Gasteiger partial charge in [-0.05, 0) is 38.0 Å². The largest absolute Gasteiger partial charge is 0.478 e. The van der Waals surface area contributed by atoms with Crippen molar-refractivity contribution in [3.63, 3.8) is 0 Å². The third-order valence-corrected chi connectivity index (χ3v) is 5.05. The van der Waals surface area contributed by atoms with Gasteiger partial charge in [0.25, 0.3) is 0 Å². The predicted molar refractivity (Wildman–Crippen MR) is 75.0 cm³/mol. The molecule has 1 fully saturated rings. The van der Waals surface area contributed by atoms with Crippen LogP contribution in [0.5, 0.6) is 0 Å². The van der Waals surface area contributed by atoms with E-state index in [-0.39, 0.29) is 10.8 Å². The lowest BCUT2D eigenvalue weighted by atomic mass is 10.2. The smallest absolute Gasteiger partial charge is 0.338 e. The van der Waals surface area contributed by atoms with Crippen LogP contribution in [0, 0.1) is 5.82 Å². The molecule has 1 aromatic rings. The Morgan fingerprint density at radius 2 is 1.95 bits per heavy atom. The van der Waals surface area contributed by atoms with Crippen LogP contribution in [-0.4, -0.2) is 44.4 Å². The summed E-state index contributed by atoms with van der Waals surface area (Å²) >= 11 is 0. The number of carbonyl (C=O) groups excluding carboxylic acids is 1. The number of benzene rings is 1. The molecule has 114 valence electrons. The second kappa shape index (κ2) is 6.34. The number of hydrogen-bond acceptors (Lipinski definition) is 3. The van der Waals surface area contributed by atoms with Crippen LogP contribution in [0.2, 0.25) is 0 Å². The molecule has 0 bridgehead atoms. The van der Waals surface area contributed by atoms with Crippen molar-refractivity contribution in [2.24, 2.45) is 0 Å². The molecule has 7 heteroatoms. The highest BCUT2D eigenvalue weighted by Gasteiger charge is 2.28. The fourth-order valence-corrected chi connectivity index (χ4v) is 3.46.